The second kappa shape index (κ2) is 7.12. The number of carbonyl (C=O) groups is 1. The second-order valence-electron chi connectivity index (χ2n) is 7.42. The average Bonchev–Trinajstić information content (AvgIpc) is 3.23. The standard InChI is InChI=1S/C19H24FN3OS/c1-19(2,3)17(24)23(15-8-6-14(20)7-9-15)13-16-12-21-18(25-16)22-10-4-5-11-22/h6-9,12H,4-5,10-11,13H2,1-3H3. The highest BCUT2D eigenvalue weighted by atomic mass is 32.1. The third kappa shape index (κ3) is 4.18. The molecule has 0 aliphatic carbocycles. The molecule has 1 amide bonds. The van der Waals surface area contributed by atoms with Crippen LogP contribution in [-0.2, 0) is 11.3 Å². The first kappa shape index (κ1) is 17.9. The summed E-state index contributed by atoms with van der Waals surface area (Å²) in [4.78, 5) is 22.5. The van der Waals surface area contributed by atoms with E-state index in [-0.39, 0.29) is 11.7 Å². The zero-order valence-corrected chi connectivity index (χ0v) is 15.8. The van der Waals surface area contributed by atoms with Gasteiger partial charge < -0.3 is 9.80 Å². The first-order valence-electron chi connectivity index (χ1n) is 8.62. The number of halogens is 1. The lowest BCUT2D eigenvalue weighted by atomic mass is 9.94. The third-order valence-electron chi connectivity index (χ3n) is 4.26. The maximum Gasteiger partial charge on any atom is 0.232 e. The lowest BCUT2D eigenvalue weighted by Crippen LogP contribution is -2.39. The van der Waals surface area contributed by atoms with Crippen molar-refractivity contribution in [3.05, 3.63) is 41.2 Å². The Morgan fingerprint density at radius 2 is 1.88 bits per heavy atom. The Bertz CT molecular complexity index is 730. The minimum absolute atomic E-state index is 0.00947. The molecule has 1 aliphatic rings. The lowest BCUT2D eigenvalue weighted by molar-refractivity contribution is -0.125. The van der Waals surface area contributed by atoms with Gasteiger partial charge in [0.2, 0.25) is 5.91 Å². The molecule has 4 nitrogen and oxygen atoms in total. The molecule has 0 spiro atoms. The molecule has 134 valence electrons. The van der Waals surface area contributed by atoms with Crippen LogP contribution in [0.25, 0.3) is 0 Å². The predicted molar refractivity (Wildman–Crippen MR) is 101 cm³/mol. The Kier molecular flexibility index (Phi) is 5.08. The van der Waals surface area contributed by atoms with E-state index in [4.69, 9.17) is 0 Å². The molecule has 0 N–H and O–H groups in total. The largest absolute Gasteiger partial charge is 0.348 e. The van der Waals surface area contributed by atoms with Crippen LogP contribution in [0.3, 0.4) is 0 Å². The Balaban J connectivity index is 1.84. The van der Waals surface area contributed by atoms with E-state index in [0.29, 0.717) is 12.2 Å². The van der Waals surface area contributed by atoms with Gasteiger partial charge in [-0.05, 0) is 37.1 Å². The molecule has 2 aromatic rings. The predicted octanol–water partition coefficient (Wildman–Crippen LogP) is 4.46. The minimum Gasteiger partial charge on any atom is -0.348 e. The van der Waals surface area contributed by atoms with Gasteiger partial charge in [0.15, 0.2) is 5.13 Å². The van der Waals surface area contributed by atoms with Crippen molar-refractivity contribution in [1.82, 2.24) is 4.98 Å². The number of amides is 1. The highest BCUT2D eigenvalue weighted by molar-refractivity contribution is 7.15. The lowest BCUT2D eigenvalue weighted by Gasteiger charge is -2.29. The topological polar surface area (TPSA) is 36.4 Å². The average molecular weight is 361 g/mol. The zero-order chi connectivity index (χ0) is 18.0. The minimum atomic E-state index is -0.517. The van der Waals surface area contributed by atoms with E-state index in [1.165, 1.54) is 25.0 Å². The Morgan fingerprint density at radius 3 is 2.48 bits per heavy atom. The Labute approximate surface area is 152 Å². The monoisotopic (exact) mass is 361 g/mol. The first-order valence-corrected chi connectivity index (χ1v) is 9.43. The number of nitrogens with zero attached hydrogens (tertiary/aromatic N) is 3. The number of hydrogen-bond acceptors (Lipinski definition) is 4. The van der Waals surface area contributed by atoms with E-state index >= 15 is 0 Å². The van der Waals surface area contributed by atoms with Gasteiger partial charge in [0.1, 0.15) is 5.82 Å². The van der Waals surface area contributed by atoms with Crippen molar-refractivity contribution in [3.63, 3.8) is 0 Å². The van der Waals surface area contributed by atoms with E-state index in [2.05, 4.69) is 9.88 Å². The molecule has 1 fully saturated rings. The molecule has 1 aliphatic heterocycles. The van der Waals surface area contributed by atoms with Crippen molar-refractivity contribution in [1.29, 1.82) is 0 Å². The van der Waals surface area contributed by atoms with Crippen LogP contribution in [0.4, 0.5) is 15.2 Å². The van der Waals surface area contributed by atoms with E-state index in [0.717, 1.165) is 23.1 Å². The van der Waals surface area contributed by atoms with Gasteiger partial charge in [0.25, 0.3) is 0 Å². The highest BCUT2D eigenvalue weighted by Gasteiger charge is 2.29. The van der Waals surface area contributed by atoms with Crippen molar-refractivity contribution >= 4 is 28.1 Å². The summed E-state index contributed by atoms with van der Waals surface area (Å²) in [6.45, 7) is 8.24. The molecule has 1 aromatic heterocycles. The summed E-state index contributed by atoms with van der Waals surface area (Å²) in [5.74, 6) is -0.295. The molecule has 1 aromatic carbocycles. The number of anilines is 2. The summed E-state index contributed by atoms with van der Waals surface area (Å²) in [7, 11) is 0. The van der Waals surface area contributed by atoms with Crippen LogP contribution in [0, 0.1) is 11.2 Å². The normalized spacial score (nSPS) is 14.8. The molecular formula is C19H24FN3OS. The summed E-state index contributed by atoms with van der Waals surface area (Å²) < 4.78 is 13.3. The first-order chi connectivity index (χ1) is 11.8. The van der Waals surface area contributed by atoms with Gasteiger partial charge >= 0.3 is 0 Å². The van der Waals surface area contributed by atoms with Crippen LogP contribution in [0.2, 0.25) is 0 Å². The van der Waals surface area contributed by atoms with Crippen LogP contribution >= 0.6 is 11.3 Å². The number of hydrogen-bond donors (Lipinski definition) is 0. The van der Waals surface area contributed by atoms with Gasteiger partial charge in [0, 0.05) is 35.3 Å². The third-order valence-corrected chi connectivity index (χ3v) is 5.30. The van der Waals surface area contributed by atoms with Gasteiger partial charge in [-0.15, -0.1) is 11.3 Å². The van der Waals surface area contributed by atoms with Gasteiger partial charge in [-0.3, -0.25) is 4.79 Å². The van der Waals surface area contributed by atoms with E-state index < -0.39 is 5.41 Å². The number of rotatable bonds is 4. The molecule has 0 atom stereocenters. The fourth-order valence-corrected chi connectivity index (χ4v) is 3.84. The van der Waals surface area contributed by atoms with Crippen LogP contribution in [0.1, 0.15) is 38.5 Å². The van der Waals surface area contributed by atoms with E-state index in [9.17, 15) is 9.18 Å². The number of benzene rings is 1. The van der Waals surface area contributed by atoms with Crippen molar-refractivity contribution in [2.45, 2.75) is 40.2 Å². The smallest absolute Gasteiger partial charge is 0.232 e. The van der Waals surface area contributed by atoms with Crippen molar-refractivity contribution in [3.8, 4) is 0 Å². The Morgan fingerprint density at radius 1 is 1.24 bits per heavy atom. The summed E-state index contributed by atoms with van der Waals surface area (Å²) >= 11 is 1.63. The molecule has 1 saturated heterocycles. The summed E-state index contributed by atoms with van der Waals surface area (Å²) in [5.41, 5.74) is 0.189. The number of thiazole rings is 1. The zero-order valence-electron chi connectivity index (χ0n) is 15.0. The van der Waals surface area contributed by atoms with Crippen LogP contribution in [-0.4, -0.2) is 24.0 Å². The number of carbonyl (C=O) groups excluding carboxylic acids is 1. The molecule has 6 heteroatoms. The van der Waals surface area contributed by atoms with Gasteiger partial charge in [-0.2, -0.15) is 0 Å². The highest BCUT2D eigenvalue weighted by Crippen LogP contribution is 2.30. The van der Waals surface area contributed by atoms with E-state index in [1.807, 2.05) is 27.0 Å². The fourth-order valence-electron chi connectivity index (χ4n) is 2.89. The van der Waals surface area contributed by atoms with E-state index in [1.54, 1.807) is 28.4 Å². The molecule has 2 heterocycles. The fraction of sp³-hybridized carbons (Fsp3) is 0.474. The molecule has 0 bridgehead atoms. The molecule has 0 radical (unpaired) electrons. The molecule has 0 unspecified atom stereocenters. The van der Waals surface area contributed by atoms with Crippen LogP contribution < -0.4 is 9.80 Å². The maximum absolute atomic E-state index is 13.3. The molecular weight excluding hydrogens is 337 g/mol. The maximum atomic E-state index is 13.3. The quantitative estimate of drug-likeness (QED) is 0.807. The molecule has 25 heavy (non-hydrogen) atoms. The SMILES string of the molecule is CC(C)(C)C(=O)N(Cc1cnc(N2CCCC2)s1)c1ccc(F)cc1. The summed E-state index contributed by atoms with van der Waals surface area (Å²) in [5, 5.41) is 1.02. The van der Waals surface area contributed by atoms with Crippen molar-refractivity contribution in [2.24, 2.45) is 5.41 Å². The summed E-state index contributed by atoms with van der Waals surface area (Å²) in [6.07, 6.45) is 4.27. The second-order valence-corrected chi connectivity index (χ2v) is 8.51. The molecule has 3 rings (SSSR count). The van der Waals surface area contributed by atoms with Crippen LogP contribution in [0.5, 0.6) is 0 Å². The number of aromatic nitrogens is 1. The summed E-state index contributed by atoms with van der Waals surface area (Å²) in [6, 6.07) is 6.09. The molecule has 0 saturated carbocycles. The van der Waals surface area contributed by atoms with Crippen molar-refractivity contribution in [2.75, 3.05) is 22.9 Å². The van der Waals surface area contributed by atoms with Crippen LogP contribution in [0.15, 0.2) is 30.5 Å². The van der Waals surface area contributed by atoms with Gasteiger partial charge in [0.05, 0.1) is 6.54 Å². The van der Waals surface area contributed by atoms with Gasteiger partial charge in [-0.1, -0.05) is 20.8 Å². The Hall–Kier alpha value is -1.95. The van der Waals surface area contributed by atoms with Crippen molar-refractivity contribution < 1.29 is 9.18 Å². The van der Waals surface area contributed by atoms with Gasteiger partial charge in [-0.25, -0.2) is 9.37 Å².